The fourth-order valence-electron chi connectivity index (χ4n) is 2.61. The average molecular weight is 213 g/mol. The molecule has 1 aliphatic carbocycles. The quantitative estimate of drug-likeness (QED) is 0.693. The molecule has 0 radical (unpaired) electrons. The molecule has 0 amide bonds. The lowest BCUT2D eigenvalue weighted by Crippen LogP contribution is -2.05. The second kappa shape index (κ2) is 4.17. The molecule has 2 rings (SSSR count). The summed E-state index contributed by atoms with van der Waals surface area (Å²) in [5, 5.41) is 0. The monoisotopic (exact) mass is 213 g/mol. The summed E-state index contributed by atoms with van der Waals surface area (Å²) in [4.78, 5) is 0. The first-order chi connectivity index (χ1) is 7.70. The molecule has 0 saturated carbocycles. The first-order valence-electron chi connectivity index (χ1n) is 5.85. The molecule has 84 valence electrons. The summed E-state index contributed by atoms with van der Waals surface area (Å²) in [6.07, 6.45) is 11.9. The topological polar surface area (TPSA) is 4.93 Å². The van der Waals surface area contributed by atoms with Crippen molar-refractivity contribution in [1.82, 2.24) is 4.57 Å². The normalized spacial score (nSPS) is 19.1. The molecule has 1 aromatic rings. The Balaban J connectivity index is 2.74. The molecule has 1 heterocycles. The van der Waals surface area contributed by atoms with Crippen molar-refractivity contribution in [1.29, 1.82) is 0 Å². The number of allylic oxidation sites excluding steroid dienone is 2. The van der Waals surface area contributed by atoms with Crippen LogP contribution in [0, 0.1) is 0 Å². The number of aromatic nitrogens is 1. The highest BCUT2D eigenvalue weighted by molar-refractivity contribution is 5.76. The maximum Gasteiger partial charge on any atom is 0.0482 e. The van der Waals surface area contributed by atoms with E-state index >= 15 is 0 Å². The van der Waals surface area contributed by atoms with Gasteiger partial charge in [-0.15, -0.1) is 0 Å². The van der Waals surface area contributed by atoms with E-state index in [0.29, 0.717) is 5.92 Å². The molecule has 1 aliphatic rings. The van der Waals surface area contributed by atoms with Crippen LogP contribution in [0.25, 0.3) is 18.2 Å². The van der Waals surface area contributed by atoms with Gasteiger partial charge in [-0.3, -0.25) is 0 Å². The van der Waals surface area contributed by atoms with E-state index in [1.807, 2.05) is 6.08 Å². The Morgan fingerprint density at radius 1 is 1.50 bits per heavy atom. The number of rotatable bonds is 2. The molecule has 0 N–H and O–H groups in total. The van der Waals surface area contributed by atoms with E-state index in [1.54, 1.807) is 0 Å². The second-order valence-electron chi connectivity index (χ2n) is 4.40. The molecule has 16 heavy (non-hydrogen) atoms. The van der Waals surface area contributed by atoms with Crippen molar-refractivity contribution in [3.63, 3.8) is 0 Å². The molecule has 0 fully saturated rings. The molecular weight excluding hydrogens is 194 g/mol. The SMILES string of the molecule is C=Cc1c2c(n(C)c1/C=C\C)C(C)CC=C2. The number of nitrogens with zero attached hydrogens (tertiary/aromatic N) is 1. The Bertz CT molecular complexity index is 472. The molecule has 1 nitrogen and oxygen atoms in total. The van der Waals surface area contributed by atoms with Crippen molar-refractivity contribution in [2.75, 3.05) is 0 Å². The zero-order valence-corrected chi connectivity index (χ0v) is 10.3. The smallest absolute Gasteiger partial charge is 0.0482 e. The van der Waals surface area contributed by atoms with Gasteiger partial charge in [0.25, 0.3) is 0 Å². The van der Waals surface area contributed by atoms with Crippen LogP contribution in [-0.4, -0.2) is 4.57 Å². The van der Waals surface area contributed by atoms with Crippen LogP contribution in [0.5, 0.6) is 0 Å². The van der Waals surface area contributed by atoms with E-state index in [1.165, 1.54) is 22.5 Å². The maximum atomic E-state index is 3.94. The number of hydrogen-bond acceptors (Lipinski definition) is 0. The van der Waals surface area contributed by atoms with Crippen LogP contribution in [0.15, 0.2) is 18.7 Å². The van der Waals surface area contributed by atoms with E-state index in [0.717, 1.165) is 6.42 Å². The molecule has 1 aromatic heterocycles. The van der Waals surface area contributed by atoms with Gasteiger partial charge in [-0.1, -0.05) is 37.8 Å². The van der Waals surface area contributed by atoms with E-state index < -0.39 is 0 Å². The zero-order chi connectivity index (χ0) is 11.7. The van der Waals surface area contributed by atoms with Gasteiger partial charge in [0.1, 0.15) is 0 Å². The highest BCUT2D eigenvalue weighted by Gasteiger charge is 2.21. The van der Waals surface area contributed by atoms with Crippen LogP contribution in [0.3, 0.4) is 0 Å². The van der Waals surface area contributed by atoms with Gasteiger partial charge >= 0.3 is 0 Å². The van der Waals surface area contributed by atoms with Crippen molar-refractivity contribution in [3.8, 4) is 0 Å². The zero-order valence-electron chi connectivity index (χ0n) is 10.3. The standard InChI is InChI=1S/C15H19N/c1-5-8-14-12(6-2)13-10-7-9-11(3)15(13)16(14)4/h5-8,10-11H,2,9H2,1,3-4H3/b8-5-. The van der Waals surface area contributed by atoms with Gasteiger partial charge in [0.05, 0.1) is 0 Å². The third-order valence-corrected chi connectivity index (χ3v) is 3.33. The van der Waals surface area contributed by atoms with Gasteiger partial charge in [0, 0.05) is 35.5 Å². The van der Waals surface area contributed by atoms with Crippen LogP contribution in [0.2, 0.25) is 0 Å². The van der Waals surface area contributed by atoms with E-state index in [4.69, 9.17) is 0 Å². The van der Waals surface area contributed by atoms with Gasteiger partial charge in [-0.05, 0) is 19.4 Å². The second-order valence-corrected chi connectivity index (χ2v) is 4.40. The third kappa shape index (κ3) is 1.47. The minimum absolute atomic E-state index is 0.600. The molecule has 0 aromatic carbocycles. The summed E-state index contributed by atoms with van der Waals surface area (Å²) in [6, 6.07) is 0. The average Bonchev–Trinajstić information content (AvgIpc) is 2.54. The van der Waals surface area contributed by atoms with Crippen molar-refractivity contribution >= 4 is 18.2 Å². The van der Waals surface area contributed by atoms with Crippen LogP contribution in [-0.2, 0) is 7.05 Å². The van der Waals surface area contributed by atoms with Gasteiger partial charge in [0.2, 0.25) is 0 Å². The largest absolute Gasteiger partial charge is 0.347 e. The lowest BCUT2D eigenvalue weighted by Gasteiger charge is -2.16. The summed E-state index contributed by atoms with van der Waals surface area (Å²) in [6.45, 7) is 8.28. The van der Waals surface area contributed by atoms with Crippen LogP contribution < -0.4 is 0 Å². The third-order valence-electron chi connectivity index (χ3n) is 3.33. The minimum atomic E-state index is 0.600. The first kappa shape index (κ1) is 11.0. The van der Waals surface area contributed by atoms with Gasteiger partial charge in [0.15, 0.2) is 0 Å². The highest BCUT2D eigenvalue weighted by Crippen LogP contribution is 2.35. The molecule has 0 aliphatic heterocycles. The molecule has 1 heteroatoms. The Labute approximate surface area is 97.8 Å². The van der Waals surface area contributed by atoms with Crippen molar-refractivity contribution in [2.45, 2.75) is 26.2 Å². The summed E-state index contributed by atoms with van der Waals surface area (Å²) < 4.78 is 2.31. The van der Waals surface area contributed by atoms with E-state index in [-0.39, 0.29) is 0 Å². The fraction of sp³-hybridized carbons (Fsp3) is 0.333. The first-order valence-corrected chi connectivity index (χ1v) is 5.85. The Morgan fingerprint density at radius 2 is 2.25 bits per heavy atom. The van der Waals surface area contributed by atoms with Crippen molar-refractivity contribution in [3.05, 3.63) is 41.2 Å². The molecular formula is C15H19N. The van der Waals surface area contributed by atoms with Gasteiger partial charge in [-0.25, -0.2) is 0 Å². The summed E-state index contributed by atoms with van der Waals surface area (Å²) in [7, 11) is 2.15. The van der Waals surface area contributed by atoms with Crippen LogP contribution in [0.1, 0.15) is 48.7 Å². The van der Waals surface area contributed by atoms with Crippen LogP contribution >= 0.6 is 0 Å². The highest BCUT2D eigenvalue weighted by atomic mass is 15.0. The number of hydrogen-bond donors (Lipinski definition) is 0. The molecule has 0 saturated heterocycles. The Hall–Kier alpha value is -1.50. The maximum absolute atomic E-state index is 3.94. The minimum Gasteiger partial charge on any atom is -0.347 e. The van der Waals surface area contributed by atoms with E-state index in [9.17, 15) is 0 Å². The summed E-state index contributed by atoms with van der Waals surface area (Å²) >= 11 is 0. The predicted octanol–water partition coefficient (Wildman–Crippen LogP) is 4.22. The van der Waals surface area contributed by atoms with Gasteiger partial charge < -0.3 is 4.57 Å². The van der Waals surface area contributed by atoms with Crippen molar-refractivity contribution in [2.24, 2.45) is 7.05 Å². The molecule has 1 atom stereocenters. The van der Waals surface area contributed by atoms with Crippen molar-refractivity contribution < 1.29 is 0 Å². The molecule has 1 unspecified atom stereocenters. The Morgan fingerprint density at radius 3 is 2.88 bits per heavy atom. The fourth-order valence-corrected chi connectivity index (χ4v) is 2.61. The lowest BCUT2D eigenvalue weighted by molar-refractivity contribution is 0.685. The Kier molecular flexibility index (Phi) is 2.86. The van der Waals surface area contributed by atoms with E-state index in [2.05, 4.69) is 56.3 Å². The molecule has 0 bridgehead atoms. The number of fused-ring (bicyclic) bond motifs is 1. The van der Waals surface area contributed by atoms with Gasteiger partial charge in [-0.2, -0.15) is 0 Å². The summed E-state index contributed by atoms with van der Waals surface area (Å²) in [5.41, 5.74) is 5.31. The van der Waals surface area contributed by atoms with Crippen LogP contribution in [0.4, 0.5) is 0 Å². The summed E-state index contributed by atoms with van der Waals surface area (Å²) in [5.74, 6) is 0.600. The lowest BCUT2D eigenvalue weighted by atomic mass is 9.92. The predicted molar refractivity (Wildman–Crippen MR) is 72.3 cm³/mol. The molecule has 0 spiro atoms.